The zero-order chi connectivity index (χ0) is 16.7. The number of rotatable bonds is 9. The van der Waals surface area contributed by atoms with Crippen molar-refractivity contribution in [2.75, 3.05) is 24.6 Å². The van der Waals surface area contributed by atoms with E-state index in [1.54, 1.807) is 10.8 Å². The lowest BCUT2D eigenvalue weighted by Gasteiger charge is -2.23. The first-order chi connectivity index (χ1) is 11.1. The molecule has 1 saturated heterocycles. The second-order valence-corrected chi connectivity index (χ2v) is 7.84. The van der Waals surface area contributed by atoms with E-state index in [-0.39, 0.29) is 12.1 Å². The van der Waals surface area contributed by atoms with E-state index in [4.69, 9.17) is 10.8 Å². The summed E-state index contributed by atoms with van der Waals surface area (Å²) in [6.07, 6.45) is 0.858. The molecule has 0 bridgehead atoms. The third-order valence-electron chi connectivity index (χ3n) is 3.54. The largest absolute Gasteiger partial charge is 0.480 e. The van der Waals surface area contributed by atoms with Crippen LogP contribution in [-0.4, -0.2) is 52.6 Å². The SMILES string of the molecule is N[C@@H](CSSCCCN1C(=O)NCC1c1ccccc1)C(=O)O. The summed E-state index contributed by atoms with van der Waals surface area (Å²) in [7, 11) is 3.06. The standard InChI is InChI=1S/C15H21N3O3S2/c16-12(14(19)20)10-23-22-8-4-7-18-13(9-17-15(18)21)11-5-2-1-3-6-11/h1-3,5-6,12-13H,4,7-10,16H2,(H,17,21)(H,19,20)/t12-,13?/m0/s1. The number of aliphatic carboxylic acids is 1. The molecule has 1 heterocycles. The number of carboxylic acids is 1. The molecule has 0 aromatic heterocycles. The highest BCUT2D eigenvalue weighted by atomic mass is 33.1. The topological polar surface area (TPSA) is 95.7 Å². The quantitative estimate of drug-likeness (QED) is 0.463. The molecule has 23 heavy (non-hydrogen) atoms. The maximum absolute atomic E-state index is 12.0. The van der Waals surface area contributed by atoms with E-state index in [9.17, 15) is 9.59 Å². The molecular formula is C15H21N3O3S2. The van der Waals surface area contributed by atoms with Crippen LogP contribution in [0.15, 0.2) is 30.3 Å². The van der Waals surface area contributed by atoms with Crippen molar-refractivity contribution < 1.29 is 14.7 Å². The minimum atomic E-state index is -0.974. The predicted molar refractivity (Wildman–Crippen MR) is 94.4 cm³/mol. The van der Waals surface area contributed by atoms with E-state index in [1.807, 2.05) is 35.2 Å². The smallest absolute Gasteiger partial charge is 0.321 e. The summed E-state index contributed by atoms with van der Waals surface area (Å²) < 4.78 is 0. The Hall–Kier alpha value is -1.38. The highest BCUT2D eigenvalue weighted by Crippen LogP contribution is 2.26. The summed E-state index contributed by atoms with van der Waals surface area (Å²) in [4.78, 5) is 24.4. The molecule has 1 aliphatic heterocycles. The molecule has 126 valence electrons. The van der Waals surface area contributed by atoms with Gasteiger partial charge in [-0.25, -0.2) is 4.79 Å². The van der Waals surface area contributed by atoms with Crippen LogP contribution in [0.5, 0.6) is 0 Å². The van der Waals surface area contributed by atoms with E-state index >= 15 is 0 Å². The molecule has 8 heteroatoms. The fourth-order valence-corrected chi connectivity index (χ4v) is 4.50. The maximum Gasteiger partial charge on any atom is 0.321 e. The lowest BCUT2D eigenvalue weighted by Crippen LogP contribution is -2.32. The average molecular weight is 355 g/mol. The monoisotopic (exact) mass is 355 g/mol. The molecule has 1 fully saturated rings. The fourth-order valence-electron chi connectivity index (χ4n) is 2.31. The number of nitrogens with two attached hydrogens (primary N) is 1. The highest BCUT2D eigenvalue weighted by Gasteiger charge is 2.30. The van der Waals surface area contributed by atoms with Crippen LogP contribution in [0.3, 0.4) is 0 Å². The first-order valence-corrected chi connectivity index (χ1v) is 9.90. The van der Waals surface area contributed by atoms with Crippen molar-refractivity contribution in [3.05, 3.63) is 35.9 Å². The summed E-state index contributed by atoms with van der Waals surface area (Å²) in [5.74, 6) is 0.261. The molecule has 1 unspecified atom stereocenters. The Morgan fingerprint density at radius 3 is 2.83 bits per heavy atom. The number of benzene rings is 1. The van der Waals surface area contributed by atoms with Gasteiger partial charge in [-0.1, -0.05) is 51.9 Å². The van der Waals surface area contributed by atoms with Crippen molar-refractivity contribution in [2.24, 2.45) is 5.73 Å². The number of nitrogens with one attached hydrogen (secondary N) is 1. The van der Waals surface area contributed by atoms with Crippen molar-refractivity contribution in [1.82, 2.24) is 10.2 Å². The van der Waals surface area contributed by atoms with Crippen LogP contribution >= 0.6 is 21.6 Å². The molecule has 0 saturated carbocycles. The number of hydrogen-bond acceptors (Lipinski definition) is 5. The minimum Gasteiger partial charge on any atom is -0.480 e. The minimum absolute atomic E-state index is 0.0237. The van der Waals surface area contributed by atoms with Gasteiger partial charge in [0.1, 0.15) is 6.04 Å². The van der Waals surface area contributed by atoms with E-state index in [0.717, 1.165) is 17.7 Å². The number of urea groups is 1. The van der Waals surface area contributed by atoms with Crippen molar-refractivity contribution in [1.29, 1.82) is 0 Å². The molecule has 1 aliphatic rings. The van der Waals surface area contributed by atoms with Crippen molar-refractivity contribution in [3.63, 3.8) is 0 Å². The molecule has 0 radical (unpaired) electrons. The normalized spacial score (nSPS) is 18.7. The zero-order valence-electron chi connectivity index (χ0n) is 12.7. The summed E-state index contributed by atoms with van der Waals surface area (Å²) in [6.45, 7) is 1.32. The molecule has 2 amide bonds. The summed E-state index contributed by atoms with van der Waals surface area (Å²) >= 11 is 0. The van der Waals surface area contributed by atoms with Crippen molar-refractivity contribution >= 4 is 33.6 Å². The Balaban J connectivity index is 1.71. The Kier molecular flexibility index (Phi) is 7.07. The number of carboxylic acid groups (broad SMARTS) is 1. The molecule has 1 aromatic rings. The Morgan fingerprint density at radius 2 is 2.13 bits per heavy atom. The number of carbonyl (C=O) groups excluding carboxylic acids is 1. The van der Waals surface area contributed by atoms with Crippen LogP contribution in [0.1, 0.15) is 18.0 Å². The van der Waals surface area contributed by atoms with Gasteiger partial charge in [0.2, 0.25) is 0 Å². The molecule has 0 aliphatic carbocycles. The van der Waals surface area contributed by atoms with Gasteiger partial charge < -0.3 is 21.1 Å². The van der Waals surface area contributed by atoms with E-state index in [1.165, 1.54) is 10.8 Å². The van der Waals surface area contributed by atoms with Crippen LogP contribution in [0, 0.1) is 0 Å². The Morgan fingerprint density at radius 1 is 1.39 bits per heavy atom. The summed E-state index contributed by atoms with van der Waals surface area (Å²) in [6, 6.07) is 9.24. The third kappa shape index (κ3) is 5.33. The Labute approximate surface area is 143 Å². The van der Waals surface area contributed by atoms with Crippen LogP contribution in [0.25, 0.3) is 0 Å². The average Bonchev–Trinajstić information content (AvgIpc) is 2.92. The molecule has 2 rings (SSSR count). The predicted octanol–water partition coefficient (Wildman–Crippen LogP) is 1.94. The summed E-state index contributed by atoms with van der Waals surface area (Å²) in [5.41, 5.74) is 6.58. The van der Waals surface area contributed by atoms with Crippen LogP contribution in [0.2, 0.25) is 0 Å². The van der Waals surface area contributed by atoms with Crippen molar-refractivity contribution in [2.45, 2.75) is 18.5 Å². The molecule has 2 atom stereocenters. The van der Waals surface area contributed by atoms with Crippen molar-refractivity contribution in [3.8, 4) is 0 Å². The molecule has 4 N–H and O–H groups in total. The van der Waals surface area contributed by atoms with Gasteiger partial charge in [-0.2, -0.15) is 0 Å². The third-order valence-corrected chi connectivity index (χ3v) is 6.07. The zero-order valence-corrected chi connectivity index (χ0v) is 14.3. The lowest BCUT2D eigenvalue weighted by atomic mass is 10.1. The van der Waals surface area contributed by atoms with Gasteiger partial charge in [0.15, 0.2) is 0 Å². The van der Waals surface area contributed by atoms with Crippen LogP contribution in [-0.2, 0) is 4.79 Å². The number of nitrogens with zero attached hydrogens (tertiary/aromatic N) is 1. The van der Waals surface area contributed by atoms with Gasteiger partial charge in [0.25, 0.3) is 0 Å². The Bertz CT molecular complexity index is 530. The van der Waals surface area contributed by atoms with Gasteiger partial charge in [-0.3, -0.25) is 4.79 Å². The first kappa shape index (κ1) is 18.0. The van der Waals surface area contributed by atoms with E-state index < -0.39 is 12.0 Å². The van der Waals surface area contributed by atoms with Gasteiger partial charge in [-0.15, -0.1) is 0 Å². The summed E-state index contributed by atoms with van der Waals surface area (Å²) in [5, 5.41) is 11.6. The molecule has 1 aromatic carbocycles. The lowest BCUT2D eigenvalue weighted by molar-refractivity contribution is -0.137. The number of hydrogen-bond donors (Lipinski definition) is 3. The fraction of sp³-hybridized carbons (Fsp3) is 0.467. The van der Waals surface area contributed by atoms with Gasteiger partial charge in [0, 0.05) is 24.6 Å². The van der Waals surface area contributed by atoms with E-state index in [2.05, 4.69) is 5.32 Å². The number of amides is 2. The number of carbonyl (C=O) groups is 2. The maximum atomic E-state index is 12.0. The highest BCUT2D eigenvalue weighted by molar-refractivity contribution is 8.76. The van der Waals surface area contributed by atoms with Crippen LogP contribution < -0.4 is 11.1 Å². The van der Waals surface area contributed by atoms with Gasteiger partial charge in [-0.05, 0) is 12.0 Å². The molecular weight excluding hydrogens is 334 g/mol. The van der Waals surface area contributed by atoms with E-state index in [0.29, 0.717) is 18.8 Å². The second-order valence-electron chi connectivity index (χ2n) is 5.21. The van der Waals surface area contributed by atoms with Crippen LogP contribution in [0.4, 0.5) is 4.79 Å². The van der Waals surface area contributed by atoms with Gasteiger partial charge >= 0.3 is 12.0 Å². The first-order valence-electron chi connectivity index (χ1n) is 7.42. The molecule has 0 spiro atoms. The van der Waals surface area contributed by atoms with Gasteiger partial charge in [0.05, 0.1) is 6.04 Å². The second kappa shape index (κ2) is 9.05. The molecule has 6 nitrogen and oxygen atoms in total.